The molecule has 0 aliphatic carbocycles. The zero-order chi connectivity index (χ0) is 17.1. The first-order valence-electron chi connectivity index (χ1n) is 8.27. The number of methoxy groups -OCH3 is 1. The summed E-state index contributed by atoms with van der Waals surface area (Å²) >= 11 is 1.45. The second-order valence-electron chi connectivity index (χ2n) is 5.94. The summed E-state index contributed by atoms with van der Waals surface area (Å²) in [6.07, 6.45) is 0.962. The topological polar surface area (TPSA) is 54.5 Å². The third kappa shape index (κ3) is 3.24. The lowest BCUT2D eigenvalue weighted by Gasteiger charge is -2.17. The number of carbonyl (C=O) groups is 1. The van der Waals surface area contributed by atoms with Crippen molar-refractivity contribution >= 4 is 22.4 Å². The summed E-state index contributed by atoms with van der Waals surface area (Å²) in [5, 5.41) is 4.00. The monoisotopic (exact) mass is 345 g/mol. The highest BCUT2D eigenvalue weighted by Gasteiger charge is 2.31. The molecule has 0 bridgehead atoms. The van der Waals surface area contributed by atoms with E-state index in [1.807, 2.05) is 36.9 Å². The summed E-state index contributed by atoms with van der Waals surface area (Å²) in [5.74, 6) is 1.32. The second-order valence-corrected chi connectivity index (χ2v) is 6.94. The molecule has 1 N–H and O–H groups in total. The number of hydrogen-bond donors (Lipinski definition) is 1. The Bertz CT molecular complexity index is 729. The molecule has 2 heterocycles. The summed E-state index contributed by atoms with van der Waals surface area (Å²) in [7, 11) is 1.69. The van der Waals surface area contributed by atoms with E-state index in [9.17, 15) is 4.79 Å². The van der Waals surface area contributed by atoms with Gasteiger partial charge >= 0.3 is 0 Å². The van der Waals surface area contributed by atoms with E-state index < -0.39 is 0 Å². The highest BCUT2D eigenvalue weighted by atomic mass is 32.1. The molecule has 1 aromatic heterocycles. The lowest BCUT2D eigenvalue weighted by Crippen LogP contribution is -2.28. The van der Waals surface area contributed by atoms with Crippen molar-refractivity contribution in [3.63, 3.8) is 0 Å². The highest BCUT2D eigenvalue weighted by Crippen LogP contribution is 2.34. The Morgan fingerprint density at radius 3 is 3.00 bits per heavy atom. The van der Waals surface area contributed by atoms with Crippen LogP contribution in [0.15, 0.2) is 24.3 Å². The van der Waals surface area contributed by atoms with Crippen molar-refractivity contribution in [2.24, 2.45) is 0 Å². The van der Waals surface area contributed by atoms with E-state index in [0.717, 1.165) is 47.5 Å². The van der Waals surface area contributed by atoms with Gasteiger partial charge in [0, 0.05) is 25.6 Å². The van der Waals surface area contributed by atoms with Crippen molar-refractivity contribution in [2.45, 2.75) is 26.2 Å². The maximum absolute atomic E-state index is 12.9. The average molecular weight is 345 g/mol. The van der Waals surface area contributed by atoms with Crippen molar-refractivity contribution in [1.82, 2.24) is 9.88 Å². The standard InChI is InChI=1S/C18H23N3O2S/c1-4-19-18-20-12(2)16(24-18)17(22)21-10-9-13(11-21)14-7-5-6-8-15(14)23-3/h5-8,13H,4,9-11H2,1-3H3,(H,19,20). The van der Waals surface area contributed by atoms with E-state index in [0.29, 0.717) is 5.92 Å². The number of rotatable bonds is 5. The van der Waals surface area contributed by atoms with Gasteiger partial charge in [-0.1, -0.05) is 29.5 Å². The largest absolute Gasteiger partial charge is 0.496 e. The van der Waals surface area contributed by atoms with E-state index >= 15 is 0 Å². The average Bonchev–Trinajstić information content (AvgIpc) is 3.21. The minimum absolute atomic E-state index is 0.0894. The number of anilines is 1. The molecular weight excluding hydrogens is 322 g/mol. The van der Waals surface area contributed by atoms with Gasteiger partial charge < -0.3 is 15.0 Å². The Balaban J connectivity index is 1.74. The molecule has 1 atom stereocenters. The number of nitrogens with one attached hydrogen (secondary N) is 1. The second kappa shape index (κ2) is 7.21. The fourth-order valence-corrected chi connectivity index (χ4v) is 4.17. The molecule has 24 heavy (non-hydrogen) atoms. The van der Waals surface area contributed by atoms with Crippen molar-refractivity contribution in [3.05, 3.63) is 40.4 Å². The van der Waals surface area contributed by atoms with Crippen molar-refractivity contribution in [1.29, 1.82) is 0 Å². The Labute approximate surface area is 146 Å². The van der Waals surface area contributed by atoms with Gasteiger partial charge in [-0.3, -0.25) is 4.79 Å². The summed E-state index contributed by atoms with van der Waals surface area (Å²) in [6, 6.07) is 8.08. The fourth-order valence-electron chi connectivity index (χ4n) is 3.17. The summed E-state index contributed by atoms with van der Waals surface area (Å²) in [5.41, 5.74) is 1.99. The van der Waals surface area contributed by atoms with Gasteiger partial charge in [-0.25, -0.2) is 4.98 Å². The molecule has 1 aliphatic rings. The van der Waals surface area contributed by atoms with Crippen LogP contribution in [0.5, 0.6) is 5.75 Å². The molecular formula is C18H23N3O2S. The molecule has 1 aromatic carbocycles. The number of hydrogen-bond acceptors (Lipinski definition) is 5. The zero-order valence-corrected chi connectivity index (χ0v) is 15.2. The predicted octanol–water partition coefficient (Wildman–Crippen LogP) is 3.52. The van der Waals surface area contributed by atoms with Gasteiger partial charge in [0.05, 0.1) is 12.8 Å². The number of para-hydroxylation sites is 1. The van der Waals surface area contributed by atoms with E-state index in [1.54, 1.807) is 7.11 Å². The number of aromatic nitrogens is 1. The first-order valence-corrected chi connectivity index (χ1v) is 9.09. The van der Waals surface area contributed by atoms with Gasteiger partial charge in [-0.2, -0.15) is 0 Å². The van der Waals surface area contributed by atoms with Crippen molar-refractivity contribution < 1.29 is 9.53 Å². The van der Waals surface area contributed by atoms with Crippen LogP contribution in [0.25, 0.3) is 0 Å². The van der Waals surface area contributed by atoms with Crippen LogP contribution in [0, 0.1) is 6.92 Å². The zero-order valence-electron chi connectivity index (χ0n) is 14.3. The number of aryl methyl sites for hydroxylation is 1. The van der Waals surface area contributed by atoms with Crippen LogP contribution in [0.4, 0.5) is 5.13 Å². The predicted molar refractivity (Wildman–Crippen MR) is 97.3 cm³/mol. The normalized spacial score (nSPS) is 17.1. The maximum atomic E-state index is 12.9. The van der Waals surface area contributed by atoms with Gasteiger partial charge in [0.1, 0.15) is 10.6 Å². The molecule has 1 aliphatic heterocycles. The molecule has 1 unspecified atom stereocenters. The van der Waals surface area contributed by atoms with Crippen molar-refractivity contribution in [2.75, 3.05) is 32.1 Å². The summed E-state index contributed by atoms with van der Waals surface area (Å²) < 4.78 is 5.47. The molecule has 1 fully saturated rings. The minimum Gasteiger partial charge on any atom is -0.496 e. The molecule has 128 valence electrons. The lowest BCUT2D eigenvalue weighted by atomic mass is 9.97. The summed E-state index contributed by atoms with van der Waals surface area (Å²) in [4.78, 5) is 20.0. The molecule has 0 saturated carbocycles. The van der Waals surface area contributed by atoms with Gasteiger partial charge in [-0.05, 0) is 31.9 Å². The number of amides is 1. The van der Waals surface area contributed by atoms with Crippen LogP contribution >= 0.6 is 11.3 Å². The summed E-state index contributed by atoms with van der Waals surface area (Å²) in [6.45, 7) is 6.23. The number of ether oxygens (including phenoxy) is 1. The van der Waals surface area contributed by atoms with Crippen LogP contribution in [-0.2, 0) is 0 Å². The Kier molecular flexibility index (Phi) is 5.04. The van der Waals surface area contributed by atoms with Gasteiger partial charge in [0.25, 0.3) is 5.91 Å². The molecule has 0 radical (unpaired) electrons. The molecule has 2 aromatic rings. The number of carbonyl (C=O) groups excluding carboxylic acids is 1. The van der Waals surface area contributed by atoms with E-state index in [1.165, 1.54) is 16.9 Å². The van der Waals surface area contributed by atoms with Crippen molar-refractivity contribution in [3.8, 4) is 5.75 Å². The number of likely N-dealkylation sites (tertiary alicyclic amines) is 1. The Morgan fingerprint density at radius 2 is 2.25 bits per heavy atom. The molecule has 5 nitrogen and oxygen atoms in total. The van der Waals surface area contributed by atoms with Crippen LogP contribution in [0.1, 0.15) is 40.2 Å². The van der Waals surface area contributed by atoms with E-state index in [-0.39, 0.29) is 5.91 Å². The quantitative estimate of drug-likeness (QED) is 0.901. The number of benzene rings is 1. The van der Waals surface area contributed by atoms with Crippen LogP contribution in [0.2, 0.25) is 0 Å². The van der Waals surface area contributed by atoms with Gasteiger partial charge in [-0.15, -0.1) is 0 Å². The smallest absolute Gasteiger partial charge is 0.265 e. The van der Waals surface area contributed by atoms with Gasteiger partial charge in [0.2, 0.25) is 0 Å². The lowest BCUT2D eigenvalue weighted by molar-refractivity contribution is 0.0794. The number of thiazole rings is 1. The minimum atomic E-state index is 0.0894. The van der Waals surface area contributed by atoms with E-state index in [2.05, 4.69) is 16.4 Å². The van der Waals surface area contributed by atoms with E-state index in [4.69, 9.17) is 4.74 Å². The fraction of sp³-hybridized carbons (Fsp3) is 0.444. The molecule has 0 spiro atoms. The Morgan fingerprint density at radius 1 is 1.46 bits per heavy atom. The van der Waals surface area contributed by atoms with Crippen LogP contribution in [-0.4, -0.2) is 42.5 Å². The number of nitrogens with zero attached hydrogens (tertiary/aromatic N) is 2. The molecule has 1 amide bonds. The first-order chi connectivity index (χ1) is 11.6. The van der Waals surface area contributed by atoms with Gasteiger partial charge in [0.15, 0.2) is 5.13 Å². The third-order valence-corrected chi connectivity index (χ3v) is 5.48. The molecule has 3 rings (SSSR count). The first kappa shape index (κ1) is 16.8. The Hall–Kier alpha value is -2.08. The van der Waals surface area contributed by atoms with Crippen LogP contribution in [0.3, 0.4) is 0 Å². The molecule has 6 heteroatoms. The maximum Gasteiger partial charge on any atom is 0.265 e. The third-order valence-electron chi connectivity index (χ3n) is 4.37. The highest BCUT2D eigenvalue weighted by molar-refractivity contribution is 7.17. The molecule has 1 saturated heterocycles. The SMILES string of the molecule is CCNc1nc(C)c(C(=O)N2CCC(c3ccccc3OC)C2)s1. The van der Waals surface area contributed by atoms with Crippen LogP contribution < -0.4 is 10.1 Å².